The van der Waals surface area contributed by atoms with Gasteiger partial charge in [0.25, 0.3) is 0 Å². The largest absolute Gasteiger partial charge is 0.103 e. The molecule has 1 unspecified atom stereocenters. The van der Waals surface area contributed by atoms with Crippen molar-refractivity contribution in [2.24, 2.45) is 11.3 Å². The lowest BCUT2D eigenvalue weighted by atomic mass is 9.77. The molecule has 0 nitrogen and oxygen atoms in total. The minimum absolute atomic E-state index is 0.372. The van der Waals surface area contributed by atoms with E-state index in [4.69, 9.17) is 0 Å². The molecule has 0 spiro atoms. The van der Waals surface area contributed by atoms with Crippen LogP contribution in [-0.4, -0.2) is 0 Å². The van der Waals surface area contributed by atoms with E-state index in [1.807, 2.05) is 0 Å². The fraction of sp³-hybridized carbons (Fsp3) is 0.750. The quantitative estimate of drug-likeness (QED) is 0.344. The van der Waals surface area contributed by atoms with E-state index in [2.05, 4.69) is 46.9 Å². The summed E-state index contributed by atoms with van der Waals surface area (Å²) in [6.07, 6.45) is 9.82. The second kappa shape index (κ2) is 7.70. The molecule has 0 saturated heterocycles. The highest BCUT2D eigenvalue weighted by Crippen LogP contribution is 2.34. The Labute approximate surface area is 103 Å². The zero-order valence-corrected chi connectivity index (χ0v) is 11.8. The van der Waals surface area contributed by atoms with E-state index in [0.717, 1.165) is 6.42 Å². The third-order valence-corrected chi connectivity index (χ3v) is 3.11. The number of allylic oxidation sites excluding steroid dienone is 2. The van der Waals surface area contributed by atoms with Crippen molar-refractivity contribution in [1.29, 1.82) is 0 Å². The Bertz CT molecular complexity index is 210. The first-order valence-electron chi connectivity index (χ1n) is 6.68. The SMILES string of the molecule is C=CC(CCCCC)CC(C)(C)CC(=C)C. The van der Waals surface area contributed by atoms with E-state index < -0.39 is 0 Å². The average Bonchev–Trinajstić information content (AvgIpc) is 2.14. The summed E-state index contributed by atoms with van der Waals surface area (Å²) >= 11 is 0. The maximum absolute atomic E-state index is 4.02. The summed E-state index contributed by atoms with van der Waals surface area (Å²) in [4.78, 5) is 0. The second-order valence-corrected chi connectivity index (χ2v) is 5.99. The van der Waals surface area contributed by atoms with Crippen LogP contribution >= 0.6 is 0 Å². The average molecular weight is 222 g/mol. The minimum Gasteiger partial charge on any atom is -0.103 e. The number of hydrogen-bond acceptors (Lipinski definition) is 0. The molecule has 0 aliphatic rings. The third-order valence-electron chi connectivity index (χ3n) is 3.11. The Morgan fingerprint density at radius 1 is 1.31 bits per heavy atom. The summed E-state index contributed by atoms with van der Waals surface area (Å²) in [6, 6.07) is 0. The van der Waals surface area contributed by atoms with E-state index in [0.29, 0.717) is 11.3 Å². The van der Waals surface area contributed by atoms with Crippen LogP contribution in [0.25, 0.3) is 0 Å². The molecule has 0 aromatic rings. The lowest BCUT2D eigenvalue weighted by Gasteiger charge is -2.28. The second-order valence-electron chi connectivity index (χ2n) is 5.99. The van der Waals surface area contributed by atoms with Crippen molar-refractivity contribution in [2.45, 2.75) is 66.2 Å². The number of unbranched alkanes of at least 4 members (excludes halogenated alkanes) is 2. The van der Waals surface area contributed by atoms with Gasteiger partial charge >= 0.3 is 0 Å². The van der Waals surface area contributed by atoms with Gasteiger partial charge in [-0.3, -0.25) is 0 Å². The summed E-state index contributed by atoms with van der Waals surface area (Å²) in [5, 5.41) is 0. The van der Waals surface area contributed by atoms with Crippen molar-refractivity contribution in [2.75, 3.05) is 0 Å². The van der Waals surface area contributed by atoms with E-state index in [-0.39, 0.29) is 0 Å². The number of hydrogen-bond donors (Lipinski definition) is 0. The van der Waals surface area contributed by atoms with Gasteiger partial charge in [-0.2, -0.15) is 0 Å². The normalized spacial score (nSPS) is 13.5. The molecule has 16 heavy (non-hydrogen) atoms. The fourth-order valence-corrected chi connectivity index (χ4v) is 2.56. The first-order chi connectivity index (χ1) is 7.41. The van der Waals surface area contributed by atoms with Crippen molar-refractivity contribution in [3.63, 3.8) is 0 Å². The maximum Gasteiger partial charge on any atom is -0.0231 e. The zero-order valence-electron chi connectivity index (χ0n) is 11.8. The lowest BCUT2D eigenvalue weighted by Crippen LogP contribution is -2.16. The monoisotopic (exact) mass is 222 g/mol. The van der Waals surface area contributed by atoms with Gasteiger partial charge in [0.05, 0.1) is 0 Å². The molecule has 0 amide bonds. The minimum atomic E-state index is 0.372. The van der Waals surface area contributed by atoms with Gasteiger partial charge in [0.2, 0.25) is 0 Å². The molecule has 0 aliphatic heterocycles. The standard InChI is InChI=1S/C16H30/c1-7-9-10-11-15(8-2)13-16(5,6)12-14(3)4/h8,15H,2-3,7,9-13H2,1,4-6H3. The molecular weight excluding hydrogens is 192 g/mol. The Morgan fingerprint density at radius 2 is 1.94 bits per heavy atom. The van der Waals surface area contributed by atoms with Crippen molar-refractivity contribution in [1.82, 2.24) is 0 Å². The van der Waals surface area contributed by atoms with Crippen LogP contribution < -0.4 is 0 Å². The molecule has 0 heterocycles. The zero-order chi connectivity index (χ0) is 12.6. The van der Waals surface area contributed by atoms with Gasteiger partial charge < -0.3 is 0 Å². The molecule has 0 N–H and O–H groups in total. The van der Waals surface area contributed by atoms with Crippen molar-refractivity contribution in [3.8, 4) is 0 Å². The van der Waals surface area contributed by atoms with Gasteiger partial charge in [-0.25, -0.2) is 0 Å². The van der Waals surface area contributed by atoms with Crippen LogP contribution in [0.3, 0.4) is 0 Å². The first-order valence-corrected chi connectivity index (χ1v) is 6.68. The van der Waals surface area contributed by atoms with Crippen molar-refractivity contribution < 1.29 is 0 Å². The van der Waals surface area contributed by atoms with Crippen LogP contribution in [0, 0.1) is 11.3 Å². The van der Waals surface area contributed by atoms with Crippen LogP contribution in [0.5, 0.6) is 0 Å². The smallest absolute Gasteiger partial charge is 0.0231 e. The molecule has 1 atom stereocenters. The van der Waals surface area contributed by atoms with Crippen molar-refractivity contribution in [3.05, 3.63) is 24.8 Å². The molecule has 0 bridgehead atoms. The summed E-state index contributed by atoms with van der Waals surface area (Å²) in [5.41, 5.74) is 1.66. The predicted octanol–water partition coefficient (Wildman–Crippen LogP) is 5.75. The van der Waals surface area contributed by atoms with Crippen LogP contribution in [0.1, 0.15) is 66.2 Å². The highest BCUT2D eigenvalue weighted by molar-refractivity contribution is 4.95. The van der Waals surface area contributed by atoms with Crippen LogP contribution in [-0.2, 0) is 0 Å². The highest BCUT2D eigenvalue weighted by atomic mass is 14.3. The molecule has 0 aromatic heterocycles. The first kappa shape index (κ1) is 15.5. The highest BCUT2D eigenvalue weighted by Gasteiger charge is 2.21. The molecule has 0 heteroatoms. The van der Waals surface area contributed by atoms with Crippen LogP contribution in [0.2, 0.25) is 0 Å². The van der Waals surface area contributed by atoms with Gasteiger partial charge in [0.15, 0.2) is 0 Å². The lowest BCUT2D eigenvalue weighted by molar-refractivity contribution is 0.279. The molecule has 0 radical (unpaired) electrons. The number of rotatable bonds is 9. The summed E-state index contributed by atoms with van der Waals surface area (Å²) in [6.45, 7) is 17.1. The van der Waals surface area contributed by atoms with Gasteiger partial charge in [0, 0.05) is 0 Å². The topological polar surface area (TPSA) is 0 Å². The van der Waals surface area contributed by atoms with Crippen LogP contribution in [0.4, 0.5) is 0 Å². The Balaban J connectivity index is 4.08. The van der Waals surface area contributed by atoms with Gasteiger partial charge in [0.1, 0.15) is 0 Å². The predicted molar refractivity (Wildman–Crippen MR) is 75.7 cm³/mol. The van der Waals surface area contributed by atoms with E-state index >= 15 is 0 Å². The Hall–Kier alpha value is -0.520. The third kappa shape index (κ3) is 7.73. The van der Waals surface area contributed by atoms with E-state index in [9.17, 15) is 0 Å². The Morgan fingerprint density at radius 3 is 2.38 bits per heavy atom. The molecule has 0 rings (SSSR count). The molecule has 0 aromatic carbocycles. The molecule has 0 aliphatic carbocycles. The maximum atomic E-state index is 4.02. The van der Waals surface area contributed by atoms with Gasteiger partial charge in [-0.05, 0) is 37.5 Å². The van der Waals surface area contributed by atoms with Crippen molar-refractivity contribution >= 4 is 0 Å². The van der Waals surface area contributed by atoms with Crippen LogP contribution in [0.15, 0.2) is 24.8 Å². The molecule has 94 valence electrons. The van der Waals surface area contributed by atoms with Gasteiger partial charge in [-0.1, -0.05) is 51.7 Å². The summed E-state index contributed by atoms with van der Waals surface area (Å²) in [5.74, 6) is 0.681. The van der Waals surface area contributed by atoms with E-state index in [1.54, 1.807) is 0 Å². The van der Waals surface area contributed by atoms with E-state index in [1.165, 1.54) is 37.7 Å². The van der Waals surface area contributed by atoms with Gasteiger partial charge in [-0.15, -0.1) is 13.2 Å². The Kier molecular flexibility index (Phi) is 7.45. The fourth-order valence-electron chi connectivity index (χ4n) is 2.56. The molecule has 0 fully saturated rings. The molecular formula is C16H30. The molecule has 0 saturated carbocycles. The summed E-state index contributed by atoms with van der Waals surface area (Å²) in [7, 11) is 0. The summed E-state index contributed by atoms with van der Waals surface area (Å²) < 4.78 is 0.